The molecule has 0 aliphatic rings. The summed E-state index contributed by atoms with van der Waals surface area (Å²) in [6.07, 6.45) is 6.94. The SMILES string of the molecule is [B]c1cc(/C(C=C)=C/N=C)cc(-c2cccnc2)c1. The first-order chi connectivity index (χ1) is 9.24. The lowest BCUT2D eigenvalue weighted by molar-refractivity contribution is 1.33. The van der Waals surface area contributed by atoms with Crippen LogP contribution in [-0.4, -0.2) is 19.5 Å². The van der Waals surface area contributed by atoms with E-state index in [-0.39, 0.29) is 0 Å². The number of benzene rings is 1. The summed E-state index contributed by atoms with van der Waals surface area (Å²) in [5, 5.41) is 0. The summed E-state index contributed by atoms with van der Waals surface area (Å²) in [7, 11) is 5.96. The molecule has 90 valence electrons. The highest BCUT2D eigenvalue weighted by atomic mass is 14.6. The quantitative estimate of drug-likeness (QED) is 0.461. The van der Waals surface area contributed by atoms with Gasteiger partial charge in [0.1, 0.15) is 7.85 Å². The second-order valence-corrected chi connectivity index (χ2v) is 4.06. The van der Waals surface area contributed by atoms with Gasteiger partial charge >= 0.3 is 0 Å². The molecule has 0 N–H and O–H groups in total. The van der Waals surface area contributed by atoms with Crippen LogP contribution in [0.3, 0.4) is 0 Å². The molecule has 2 aromatic rings. The van der Waals surface area contributed by atoms with E-state index in [2.05, 4.69) is 23.3 Å². The number of pyridine rings is 1. The van der Waals surface area contributed by atoms with E-state index in [1.165, 1.54) is 0 Å². The minimum absolute atomic E-state index is 0.688. The van der Waals surface area contributed by atoms with Crippen LogP contribution < -0.4 is 5.46 Å². The minimum Gasteiger partial charge on any atom is -0.272 e. The van der Waals surface area contributed by atoms with Gasteiger partial charge in [-0.05, 0) is 41.1 Å². The Hall–Kier alpha value is -2.42. The zero-order chi connectivity index (χ0) is 13.7. The second kappa shape index (κ2) is 5.96. The first-order valence-corrected chi connectivity index (χ1v) is 5.84. The van der Waals surface area contributed by atoms with Crippen molar-refractivity contribution in [3.8, 4) is 11.1 Å². The summed E-state index contributed by atoms with van der Waals surface area (Å²) in [5.41, 5.74) is 4.56. The van der Waals surface area contributed by atoms with Gasteiger partial charge in [-0.3, -0.25) is 9.98 Å². The Bertz CT molecular complexity index is 630. The highest BCUT2D eigenvalue weighted by Crippen LogP contribution is 2.22. The van der Waals surface area contributed by atoms with E-state index < -0.39 is 0 Å². The molecule has 0 spiro atoms. The van der Waals surface area contributed by atoms with Crippen molar-refractivity contribution in [1.82, 2.24) is 4.98 Å². The Kier molecular flexibility index (Phi) is 4.09. The van der Waals surface area contributed by atoms with Crippen molar-refractivity contribution in [2.45, 2.75) is 0 Å². The largest absolute Gasteiger partial charge is 0.272 e. The predicted molar refractivity (Wildman–Crippen MR) is 82.8 cm³/mol. The van der Waals surface area contributed by atoms with Gasteiger partial charge in [0.15, 0.2) is 0 Å². The molecule has 0 unspecified atom stereocenters. The molecular weight excluding hydrogens is 231 g/mol. The van der Waals surface area contributed by atoms with Gasteiger partial charge in [-0.15, -0.1) is 0 Å². The normalized spacial score (nSPS) is 11.1. The summed E-state index contributed by atoms with van der Waals surface area (Å²) in [5.74, 6) is 0. The smallest absolute Gasteiger partial charge is 0.113 e. The molecule has 1 heterocycles. The second-order valence-electron chi connectivity index (χ2n) is 4.06. The maximum absolute atomic E-state index is 5.96. The zero-order valence-electron chi connectivity index (χ0n) is 10.6. The first-order valence-electron chi connectivity index (χ1n) is 5.84. The van der Waals surface area contributed by atoms with E-state index >= 15 is 0 Å². The fourth-order valence-electron chi connectivity index (χ4n) is 1.86. The van der Waals surface area contributed by atoms with Crippen molar-refractivity contribution in [3.63, 3.8) is 0 Å². The minimum atomic E-state index is 0.688. The van der Waals surface area contributed by atoms with Crippen LogP contribution in [0.1, 0.15) is 5.56 Å². The van der Waals surface area contributed by atoms with Crippen molar-refractivity contribution in [2.75, 3.05) is 0 Å². The van der Waals surface area contributed by atoms with Gasteiger partial charge in [0.25, 0.3) is 0 Å². The van der Waals surface area contributed by atoms with Crippen LogP contribution >= 0.6 is 0 Å². The van der Waals surface area contributed by atoms with E-state index in [1.807, 2.05) is 36.5 Å². The zero-order valence-corrected chi connectivity index (χ0v) is 10.6. The Morgan fingerprint density at radius 2 is 2.11 bits per heavy atom. The van der Waals surface area contributed by atoms with Crippen molar-refractivity contribution in [2.24, 2.45) is 4.99 Å². The summed E-state index contributed by atoms with van der Waals surface area (Å²) in [4.78, 5) is 7.90. The maximum atomic E-state index is 5.96. The lowest BCUT2D eigenvalue weighted by Crippen LogP contribution is -2.03. The van der Waals surface area contributed by atoms with Gasteiger partial charge in [-0.1, -0.05) is 36.3 Å². The van der Waals surface area contributed by atoms with Crippen LogP contribution in [0.4, 0.5) is 0 Å². The standard InChI is InChI=1S/C16H13BN2/c1-3-12(10-18-2)14-7-15(9-16(17)8-14)13-5-4-6-19-11-13/h3-11H,1-2H2/b12-10+. The molecule has 0 saturated heterocycles. The van der Waals surface area contributed by atoms with E-state index in [1.54, 1.807) is 18.5 Å². The van der Waals surface area contributed by atoms with Gasteiger partial charge in [-0.2, -0.15) is 0 Å². The van der Waals surface area contributed by atoms with E-state index in [0.29, 0.717) is 5.46 Å². The summed E-state index contributed by atoms with van der Waals surface area (Å²) < 4.78 is 0. The lowest BCUT2D eigenvalue weighted by atomic mass is 9.88. The molecule has 0 bridgehead atoms. The highest BCUT2D eigenvalue weighted by Gasteiger charge is 2.03. The third-order valence-corrected chi connectivity index (χ3v) is 2.73. The molecule has 0 aliphatic carbocycles. The van der Waals surface area contributed by atoms with Crippen LogP contribution in [0.15, 0.2) is 66.6 Å². The first kappa shape index (κ1) is 13.0. The molecule has 19 heavy (non-hydrogen) atoms. The Balaban J connectivity index is 2.55. The summed E-state index contributed by atoms with van der Waals surface area (Å²) in [6, 6.07) is 9.73. The van der Waals surface area contributed by atoms with Gasteiger partial charge in [0.2, 0.25) is 0 Å². The van der Waals surface area contributed by atoms with Crippen molar-refractivity contribution in [1.29, 1.82) is 0 Å². The van der Waals surface area contributed by atoms with Crippen LogP contribution in [0, 0.1) is 0 Å². The summed E-state index contributed by atoms with van der Waals surface area (Å²) in [6.45, 7) is 7.24. The number of allylic oxidation sites excluding steroid dienone is 2. The number of hydrogen-bond donors (Lipinski definition) is 0. The number of hydrogen-bond acceptors (Lipinski definition) is 2. The molecule has 0 atom stereocenters. The maximum Gasteiger partial charge on any atom is 0.113 e. The molecule has 1 aromatic heterocycles. The van der Waals surface area contributed by atoms with Crippen LogP contribution in [0.2, 0.25) is 0 Å². The highest BCUT2D eigenvalue weighted by molar-refractivity contribution is 6.32. The molecule has 3 heteroatoms. The molecule has 0 fully saturated rings. The van der Waals surface area contributed by atoms with Crippen LogP contribution in [-0.2, 0) is 0 Å². The molecule has 2 rings (SSSR count). The number of rotatable bonds is 4. The Labute approximate surface area is 114 Å². The van der Waals surface area contributed by atoms with Crippen molar-refractivity contribution in [3.05, 3.63) is 67.1 Å². The molecule has 2 radical (unpaired) electrons. The third kappa shape index (κ3) is 3.07. The fraction of sp³-hybridized carbons (Fsp3) is 0. The van der Waals surface area contributed by atoms with E-state index in [4.69, 9.17) is 7.85 Å². The van der Waals surface area contributed by atoms with Crippen molar-refractivity contribution >= 4 is 25.6 Å². The number of aliphatic imine (C=N–C) groups is 1. The number of aromatic nitrogens is 1. The van der Waals surface area contributed by atoms with E-state index in [0.717, 1.165) is 22.3 Å². The summed E-state index contributed by atoms with van der Waals surface area (Å²) >= 11 is 0. The Morgan fingerprint density at radius 3 is 2.74 bits per heavy atom. The Morgan fingerprint density at radius 1 is 1.26 bits per heavy atom. The average Bonchev–Trinajstić information content (AvgIpc) is 2.45. The monoisotopic (exact) mass is 244 g/mol. The van der Waals surface area contributed by atoms with Crippen LogP contribution in [0.25, 0.3) is 16.7 Å². The molecule has 0 aliphatic heterocycles. The third-order valence-electron chi connectivity index (χ3n) is 2.73. The van der Waals surface area contributed by atoms with Gasteiger partial charge in [0, 0.05) is 18.6 Å². The van der Waals surface area contributed by atoms with Crippen molar-refractivity contribution < 1.29 is 0 Å². The lowest BCUT2D eigenvalue weighted by Gasteiger charge is -2.08. The van der Waals surface area contributed by atoms with E-state index in [9.17, 15) is 0 Å². The van der Waals surface area contributed by atoms with Gasteiger partial charge in [0.05, 0.1) is 0 Å². The van der Waals surface area contributed by atoms with Crippen LogP contribution in [0.5, 0.6) is 0 Å². The predicted octanol–water partition coefficient (Wildman–Crippen LogP) is 2.77. The molecular formula is C16H13BN2. The average molecular weight is 244 g/mol. The van der Waals surface area contributed by atoms with Gasteiger partial charge < -0.3 is 0 Å². The number of nitrogens with zero attached hydrogens (tertiary/aromatic N) is 2. The molecule has 1 aromatic carbocycles. The topological polar surface area (TPSA) is 25.2 Å². The molecule has 2 nitrogen and oxygen atoms in total. The molecule has 0 saturated carbocycles. The van der Waals surface area contributed by atoms with Gasteiger partial charge in [-0.25, -0.2) is 0 Å². The fourth-order valence-corrected chi connectivity index (χ4v) is 1.86. The molecule has 0 amide bonds.